The number of phosphoric acid groups is 2. The standard InChI is InChI=1S/C61H107N11O17P2SSi/c1-47(2)89-93(4,5)41-21-31-64-30-20-38-84-90(79,82-36-18-28-62)87-49-26-39-81-52(49)45-85-91(80,83-37-19-29-63)88-50-42-57(86-51(50)44-73)72-43-48(3)58(70-60(72)78)68-35-15-7-6-14-32-65-54(74)23-10-8-16-33-66-55(75)24-11-9-17-34-67-56(76)25-13-12-22-53-61(27-40-92-53)46-69-59(77)71-61/h43,47-53,57,64,73H,6-27,30-42,44-46H2,1-5H3,(H5-,65,66,67,68,69,70,71,74,75,76,77,78)/p+1/i39T,73D. The molecule has 0 aromatic heterocycles. The molecule has 7 amide bonds. The number of urea groups is 2. The maximum Gasteiger partial charge on any atom is 0.499 e. The number of nitriles is 2. The van der Waals surface area contributed by atoms with Crippen molar-refractivity contribution in [2.75, 3.05) is 91.2 Å². The summed E-state index contributed by atoms with van der Waals surface area (Å²) in [7, 11) is -10.8. The molecule has 0 bridgehead atoms. The molecular formula is C61H108N11O17P2SSi+. The highest BCUT2D eigenvalue weighted by Gasteiger charge is 2.50. The van der Waals surface area contributed by atoms with Crippen molar-refractivity contribution in [3.63, 3.8) is 0 Å². The fourth-order valence-electron chi connectivity index (χ4n) is 11.4. The number of rotatable bonds is 51. The SMILES string of the molecule is [2H]OCC1OC([N+]2=CC(C)C(=NCCCCCCNC(=O)CCCCCNC(=O)CCCCCNC(=O)CCCCC3SCCC34CNC(=O)N4)NC2=O)CC1OP(=O)(OCCC#N)OCC1OC([3H])CC1OP(=O)(OCCC#N)OCCCNCCC[Si](C)(C)OC(C)C. The second kappa shape index (κ2) is 43.4. The molecule has 28 nitrogen and oxygen atoms in total. The third-order valence-electron chi connectivity index (χ3n) is 16.3. The first-order valence-corrected chi connectivity index (χ1v) is 40.7. The number of aliphatic hydroxyl groups excluding tert-OH is 1. The fraction of sp³-hybridized carbons (Fsp3) is 0.852. The summed E-state index contributed by atoms with van der Waals surface area (Å²) >= 11 is 1.91. The van der Waals surface area contributed by atoms with Gasteiger partial charge in [0.25, 0.3) is 0 Å². The molecule has 0 aromatic rings. The molecule has 528 valence electrons. The number of aliphatic hydroxyl groups is 1. The Bertz CT molecular complexity index is 2640. The lowest BCUT2D eigenvalue weighted by Gasteiger charge is -2.29. The highest BCUT2D eigenvalue weighted by atomic mass is 32.2. The molecule has 0 aliphatic carbocycles. The first-order chi connectivity index (χ1) is 45.6. The number of thioether (sulfide) groups is 1. The van der Waals surface area contributed by atoms with Gasteiger partial charge in [-0.2, -0.15) is 37.0 Å². The van der Waals surface area contributed by atoms with Gasteiger partial charge in [0, 0.05) is 82.8 Å². The molecule has 1 spiro atoms. The maximum absolute atomic E-state index is 14.4. The summed E-state index contributed by atoms with van der Waals surface area (Å²) in [6.45, 7) is 11.7. The second-order valence-corrected chi connectivity index (χ2v) is 33.8. The topological polar surface area (TPSA) is 370 Å². The molecular weight excluding hydrogens is 1280 g/mol. The lowest BCUT2D eigenvalue weighted by molar-refractivity contribution is -0.525. The van der Waals surface area contributed by atoms with Gasteiger partial charge in [-0.3, -0.25) is 46.5 Å². The molecule has 5 aliphatic rings. The van der Waals surface area contributed by atoms with Crippen LogP contribution in [0.15, 0.2) is 4.99 Å². The number of aliphatic imine (C=N–C) groups is 1. The first-order valence-electron chi connectivity index (χ1n) is 34.6. The summed E-state index contributed by atoms with van der Waals surface area (Å²) < 4.78 is 98.0. The van der Waals surface area contributed by atoms with E-state index in [-0.39, 0.29) is 93.4 Å². The van der Waals surface area contributed by atoms with Gasteiger partial charge >= 0.3 is 27.7 Å². The Morgan fingerprint density at radius 3 is 2.06 bits per heavy atom. The third kappa shape index (κ3) is 30.6. The predicted molar refractivity (Wildman–Crippen MR) is 354 cm³/mol. The largest absolute Gasteiger partial charge is 0.499 e. The van der Waals surface area contributed by atoms with Crippen LogP contribution in [0.4, 0.5) is 9.59 Å². The fourth-order valence-corrected chi connectivity index (χ4v) is 18.3. The molecule has 11 unspecified atom stereocenters. The maximum atomic E-state index is 14.4. The zero-order valence-corrected chi connectivity index (χ0v) is 59.1. The van der Waals surface area contributed by atoms with Gasteiger partial charge in [-0.05, 0) is 129 Å². The van der Waals surface area contributed by atoms with Gasteiger partial charge in [0.15, 0.2) is 8.32 Å². The highest BCUT2D eigenvalue weighted by molar-refractivity contribution is 8.00. The molecule has 11 atom stereocenters. The monoisotopic (exact) mass is 1390 g/mol. The van der Waals surface area contributed by atoms with Crippen molar-refractivity contribution in [3.05, 3.63) is 0 Å². The smallest absolute Gasteiger partial charge is 0.415 e. The minimum atomic E-state index is -4.65. The van der Waals surface area contributed by atoms with Gasteiger partial charge in [0.05, 0.1) is 77.1 Å². The van der Waals surface area contributed by atoms with Crippen LogP contribution >= 0.6 is 27.4 Å². The quantitative estimate of drug-likeness (QED) is 0.0125. The van der Waals surface area contributed by atoms with E-state index >= 15 is 0 Å². The normalized spacial score (nSPS) is 25.7. The summed E-state index contributed by atoms with van der Waals surface area (Å²) in [4.78, 5) is 67.0. The lowest BCUT2D eigenvalue weighted by Crippen LogP contribution is -2.50. The van der Waals surface area contributed by atoms with Crippen LogP contribution in [0.3, 0.4) is 0 Å². The minimum absolute atomic E-state index is 0.000446. The van der Waals surface area contributed by atoms with Crippen molar-refractivity contribution in [2.45, 2.75) is 235 Å². The van der Waals surface area contributed by atoms with Crippen LogP contribution in [0.2, 0.25) is 19.1 Å². The minimum Gasteiger partial charge on any atom is -0.415 e. The van der Waals surface area contributed by atoms with Crippen molar-refractivity contribution in [1.82, 2.24) is 37.2 Å². The first kappa shape index (κ1) is 76.4. The summed E-state index contributed by atoms with van der Waals surface area (Å²) in [6, 6.07) is 4.20. The highest BCUT2D eigenvalue weighted by Crippen LogP contribution is 2.55. The number of amides is 7. The van der Waals surface area contributed by atoms with Crippen LogP contribution in [0, 0.1) is 28.6 Å². The van der Waals surface area contributed by atoms with Gasteiger partial charge in [-0.15, -0.1) is 0 Å². The van der Waals surface area contributed by atoms with E-state index in [0.29, 0.717) is 76.0 Å². The molecule has 5 aliphatic heterocycles. The molecule has 93 heavy (non-hydrogen) atoms. The van der Waals surface area contributed by atoms with Crippen molar-refractivity contribution < 1.29 is 85.2 Å². The third-order valence-corrected chi connectivity index (χ3v) is 23.5. The van der Waals surface area contributed by atoms with E-state index in [0.717, 1.165) is 115 Å². The van der Waals surface area contributed by atoms with E-state index in [1.807, 2.05) is 44.7 Å². The van der Waals surface area contributed by atoms with Crippen LogP contribution < -0.4 is 37.2 Å². The van der Waals surface area contributed by atoms with E-state index in [2.05, 4.69) is 60.4 Å². The number of nitrogens with zero attached hydrogens (tertiary/aromatic N) is 4. The number of carbonyl (C=O) groups excluding carboxylic acids is 5. The Morgan fingerprint density at radius 1 is 0.839 bits per heavy atom. The Balaban J connectivity index is 0.931. The number of phosphoric ester groups is 2. The summed E-state index contributed by atoms with van der Waals surface area (Å²) in [5.41, 5.74) is -0.135. The average molecular weight is 1390 g/mol. The van der Waals surface area contributed by atoms with Crippen LogP contribution in [0.25, 0.3) is 0 Å². The van der Waals surface area contributed by atoms with Gasteiger partial charge in [-0.1, -0.05) is 32.1 Å². The predicted octanol–water partition coefficient (Wildman–Crippen LogP) is 7.75. The van der Waals surface area contributed by atoms with Crippen molar-refractivity contribution in [3.8, 4) is 12.1 Å². The van der Waals surface area contributed by atoms with E-state index < -0.39 is 73.8 Å². The summed E-state index contributed by atoms with van der Waals surface area (Å²) in [6.07, 6.45) is 10.5. The number of nitrogens with one attached hydrogen (secondary N) is 7. The average Bonchev–Trinajstić information content (AvgIpc) is 1.67. The Hall–Kier alpha value is -3.94. The summed E-state index contributed by atoms with van der Waals surface area (Å²) in [5.74, 6) is 1.24. The Labute approximate surface area is 558 Å². The molecule has 5 heterocycles. The van der Waals surface area contributed by atoms with Crippen molar-refractivity contribution >= 4 is 77.6 Å². The number of amidine groups is 1. The number of hydrogen-bond acceptors (Lipinski definition) is 22. The van der Waals surface area contributed by atoms with Crippen molar-refractivity contribution in [1.29, 1.82) is 12.0 Å². The molecule has 0 radical (unpaired) electrons. The van der Waals surface area contributed by atoms with Gasteiger partial charge in [0.1, 0.15) is 24.4 Å². The Morgan fingerprint density at radius 2 is 1.44 bits per heavy atom. The van der Waals surface area contributed by atoms with Crippen molar-refractivity contribution in [2.24, 2.45) is 10.9 Å². The van der Waals surface area contributed by atoms with Crippen LogP contribution in [-0.2, 0) is 64.6 Å². The number of unbranched alkanes of at least 4 members (excludes halogenated alkanes) is 8. The lowest BCUT2D eigenvalue weighted by atomic mass is 9.90. The molecule has 32 heteroatoms. The molecule has 5 rings (SSSR count). The number of carbonyl (C=O) groups is 5. The summed E-state index contributed by atoms with van der Waals surface area (Å²) in [5, 5.41) is 44.7. The molecule has 8 N–H and O–H groups in total. The van der Waals surface area contributed by atoms with Gasteiger partial charge < -0.3 is 50.9 Å². The Kier molecular flexibility index (Phi) is 35.6. The molecule has 0 aromatic carbocycles. The van der Waals surface area contributed by atoms with Crippen LogP contribution in [-0.4, -0.2) is 200 Å². The molecule has 4 fully saturated rings. The van der Waals surface area contributed by atoms with Gasteiger partial charge in [0.2, 0.25) is 31.2 Å². The van der Waals surface area contributed by atoms with E-state index in [1.54, 1.807) is 6.21 Å². The van der Waals surface area contributed by atoms with Gasteiger partial charge in [-0.25, -0.2) is 13.9 Å². The van der Waals surface area contributed by atoms with Crippen LogP contribution in [0.1, 0.15) is 170 Å². The van der Waals surface area contributed by atoms with E-state index in [9.17, 15) is 38.4 Å². The van der Waals surface area contributed by atoms with E-state index in [1.165, 1.54) is 4.58 Å². The second-order valence-electron chi connectivity index (χ2n) is 25.0. The van der Waals surface area contributed by atoms with Crippen LogP contribution in [0.5, 0.6) is 0 Å². The molecule has 0 saturated carbocycles. The zero-order chi connectivity index (χ0) is 69.0. The zero-order valence-electron chi connectivity index (χ0n) is 57.5. The molecule has 4 saturated heterocycles. The number of hydrogen-bond donors (Lipinski definition) is 8. The number of ether oxygens (including phenoxy) is 2. The van der Waals surface area contributed by atoms with E-state index in [4.69, 9.17) is 49.1 Å².